The van der Waals surface area contributed by atoms with Crippen molar-refractivity contribution in [2.75, 3.05) is 0 Å². The van der Waals surface area contributed by atoms with Crippen LogP contribution < -0.4 is 5.73 Å². The Bertz CT molecular complexity index is 295. The summed E-state index contributed by atoms with van der Waals surface area (Å²) in [5, 5.41) is 10.4. The number of nitrogens with two attached hydrogens (primary N) is 1. The molecule has 0 aliphatic rings. The normalized spacial score (nSPS) is 12.0. The minimum Gasteiger partial charge on any atom is -0.321 e. The lowest BCUT2D eigenvalue weighted by molar-refractivity contribution is 0.921. The molecule has 0 aromatic carbocycles. The maximum atomic E-state index is 8.50. The molecule has 1 aromatic heterocycles. The first-order valence-corrected chi connectivity index (χ1v) is 4.02. The van der Waals surface area contributed by atoms with Crippen LogP contribution in [0.1, 0.15) is 16.5 Å². The SMILES string of the molecule is C=C[C@H](N)c1csc(C#N)c1. The molecule has 0 saturated heterocycles. The van der Waals surface area contributed by atoms with Crippen molar-refractivity contribution in [1.29, 1.82) is 5.26 Å². The van der Waals surface area contributed by atoms with Gasteiger partial charge in [-0.15, -0.1) is 17.9 Å². The van der Waals surface area contributed by atoms with Crippen LogP contribution in [0.2, 0.25) is 0 Å². The second kappa shape index (κ2) is 3.33. The Morgan fingerprint density at radius 2 is 2.55 bits per heavy atom. The highest BCUT2D eigenvalue weighted by Crippen LogP contribution is 2.18. The second-order valence-electron chi connectivity index (χ2n) is 2.12. The smallest absolute Gasteiger partial charge is 0.110 e. The highest BCUT2D eigenvalue weighted by atomic mass is 32.1. The van der Waals surface area contributed by atoms with Crippen LogP contribution in [0.25, 0.3) is 0 Å². The van der Waals surface area contributed by atoms with Crippen molar-refractivity contribution in [3.8, 4) is 6.07 Å². The van der Waals surface area contributed by atoms with Crippen molar-refractivity contribution in [3.63, 3.8) is 0 Å². The molecule has 1 heterocycles. The van der Waals surface area contributed by atoms with E-state index in [1.165, 1.54) is 11.3 Å². The summed E-state index contributed by atoms with van der Waals surface area (Å²) < 4.78 is 0. The molecule has 1 rings (SSSR count). The molecule has 0 bridgehead atoms. The highest BCUT2D eigenvalue weighted by molar-refractivity contribution is 7.10. The Labute approximate surface area is 69.6 Å². The topological polar surface area (TPSA) is 49.8 Å². The fraction of sp³-hybridized carbons (Fsp3) is 0.125. The minimum absolute atomic E-state index is 0.145. The molecule has 0 aliphatic carbocycles. The van der Waals surface area contributed by atoms with Gasteiger partial charge in [-0.3, -0.25) is 0 Å². The summed E-state index contributed by atoms with van der Waals surface area (Å²) >= 11 is 1.40. The summed E-state index contributed by atoms with van der Waals surface area (Å²) in [5.41, 5.74) is 6.60. The van der Waals surface area contributed by atoms with E-state index in [0.717, 1.165) is 5.56 Å². The molecule has 0 radical (unpaired) electrons. The molecular formula is C8H8N2S. The van der Waals surface area contributed by atoms with Crippen LogP contribution in [-0.2, 0) is 0 Å². The van der Waals surface area contributed by atoms with Crippen molar-refractivity contribution in [2.45, 2.75) is 6.04 Å². The fourth-order valence-electron chi connectivity index (χ4n) is 0.720. The van der Waals surface area contributed by atoms with Gasteiger partial charge in [-0.25, -0.2) is 0 Å². The van der Waals surface area contributed by atoms with Crippen LogP contribution in [0, 0.1) is 11.3 Å². The zero-order valence-electron chi connectivity index (χ0n) is 5.95. The lowest BCUT2D eigenvalue weighted by atomic mass is 10.1. The lowest BCUT2D eigenvalue weighted by Gasteiger charge is -1.99. The van der Waals surface area contributed by atoms with E-state index in [2.05, 4.69) is 12.6 Å². The first kappa shape index (κ1) is 7.99. The Hall–Kier alpha value is -1.11. The predicted octanol–water partition coefficient (Wildman–Crippen LogP) is 1.81. The summed E-state index contributed by atoms with van der Waals surface area (Å²) in [5.74, 6) is 0. The first-order chi connectivity index (χ1) is 5.27. The zero-order chi connectivity index (χ0) is 8.27. The molecule has 0 unspecified atom stereocenters. The Kier molecular flexibility index (Phi) is 2.42. The van der Waals surface area contributed by atoms with Crippen LogP contribution >= 0.6 is 11.3 Å². The van der Waals surface area contributed by atoms with E-state index in [4.69, 9.17) is 11.0 Å². The van der Waals surface area contributed by atoms with Crippen molar-refractivity contribution in [1.82, 2.24) is 0 Å². The predicted molar refractivity (Wildman–Crippen MR) is 46.2 cm³/mol. The van der Waals surface area contributed by atoms with E-state index in [-0.39, 0.29) is 6.04 Å². The van der Waals surface area contributed by atoms with Crippen LogP contribution in [0.5, 0.6) is 0 Å². The zero-order valence-corrected chi connectivity index (χ0v) is 6.77. The molecule has 2 nitrogen and oxygen atoms in total. The average molecular weight is 164 g/mol. The van der Waals surface area contributed by atoms with Gasteiger partial charge in [0, 0.05) is 6.04 Å². The van der Waals surface area contributed by atoms with E-state index >= 15 is 0 Å². The number of thiophene rings is 1. The highest BCUT2D eigenvalue weighted by Gasteiger charge is 2.03. The maximum Gasteiger partial charge on any atom is 0.110 e. The minimum atomic E-state index is -0.145. The van der Waals surface area contributed by atoms with Crippen LogP contribution in [-0.4, -0.2) is 0 Å². The van der Waals surface area contributed by atoms with Gasteiger partial charge in [-0.1, -0.05) is 6.08 Å². The second-order valence-corrected chi connectivity index (χ2v) is 3.03. The molecule has 0 saturated carbocycles. The van der Waals surface area contributed by atoms with Crippen molar-refractivity contribution in [2.24, 2.45) is 5.73 Å². The molecule has 0 fully saturated rings. The third-order valence-electron chi connectivity index (χ3n) is 1.37. The van der Waals surface area contributed by atoms with E-state index in [1.54, 1.807) is 12.1 Å². The molecule has 0 aliphatic heterocycles. The average Bonchev–Trinajstić information content (AvgIpc) is 2.50. The van der Waals surface area contributed by atoms with Crippen molar-refractivity contribution >= 4 is 11.3 Å². The fourth-order valence-corrected chi connectivity index (χ4v) is 1.47. The van der Waals surface area contributed by atoms with E-state index in [9.17, 15) is 0 Å². The summed E-state index contributed by atoms with van der Waals surface area (Å²) in [4.78, 5) is 0.692. The van der Waals surface area contributed by atoms with E-state index < -0.39 is 0 Å². The van der Waals surface area contributed by atoms with Crippen LogP contribution in [0.15, 0.2) is 24.1 Å². The number of nitrogens with zero attached hydrogens (tertiary/aromatic N) is 1. The van der Waals surface area contributed by atoms with Gasteiger partial charge < -0.3 is 5.73 Å². The molecule has 2 N–H and O–H groups in total. The Morgan fingerprint density at radius 1 is 1.82 bits per heavy atom. The maximum absolute atomic E-state index is 8.50. The third kappa shape index (κ3) is 1.67. The van der Waals surface area contributed by atoms with Crippen LogP contribution in [0.4, 0.5) is 0 Å². The monoisotopic (exact) mass is 164 g/mol. The molecular weight excluding hydrogens is 156 g/mol. The number of rotatable bonds is 2. The van der Waals surface area contributed by atoms with Gasteiger partial charge in [-0.2, -0.15) is 5.26 Å². The number of hydrogen-bond acceptors (Lipinski definition) is 3. The van der Waals surface area contributed by atoms with Gasteiger partial charge in [0.2, 0.25) is 0 Å². The molecule has 0 spiro atoms. The van der Waals surface area contributed by atoms with Gasteiger partial charge in [0.05, 0.1) is 0 Å². The van der Waals surface area contributed by atoms with Crippen LogP contribution in [0.3, 0.4) is 0 Å². The van der Waals surface area contributed by atoms with E-state index in [0.29, 0.717) is 4.88 Å². The van der Waals surface area contributed by atoms with Gasteiger partial charge in [-0.05, 0) is 17.0 Å². The lowest BCUT2D eigenvalue weighted by Crippen LogP contribution is -2.04. The molecule has 0 amide bonds. The van der Waals surface area contributed by atoms with Gasteiger partial charge in [0.25, 0.3) is 0 Å². The largest absolute Gasteiger partial charge is 0.321 e. The van der Waals surface area contributed by atoms with Gasteiger partial charge in [0.1, 0.15) is 10.9 Å². The standard InChI is InChI=1S/C8H8N2S/c1-2-8(10)6-3-7(4-9)11-5-6/h2-3,5,8H,1,10H2/t8-/m0/s1. The van der Waals surface area contributed by atoms with Crippen molar-refractivity contribution < 1.29 is 0 Å². The molecule has 11 heavy (non-hydrogen) atoms. The summed E-state index contributed by atoms with van der Waals surface area (Å²) in [6.45, 7) is 3.57. The summed E-state index contributed by atoms with van der Waals surface area (Å²) in [7, 11) is 0. The quantitative estimate of drug-likeness (QED) is 0.677. The van der Waals surface area contributed by atoms with Crippen molar-refractivity contribution in [3.05, 3.63) is 34.5 Å². The summed E-state index contributed by atoms with van der Waals surface area (Å²) in [6, 6.07) is 3.70. The first-order valence-electron chi connectivity index (χ1n) is 3.14. The Balaban J connectivity index is 2.90. The molecule has 1 atom stereocenters. The van der Waals surface area contributed by atoms with E-state index in [1.807, 2.05) is 5.38 Å². The summed E-state index contributed by atoms with van der Waals surface area (Å²) in [6.07, 6.45) is 1.66. The third-order valence-corrected chi connectivity index (χ3v) is 2.22. The molecule has 1 aromatic rings. The van der Waals surface area contributed by atoms with Gasteiger partial charge in [0.15, 0.2) is 0 Å². The molecule has 3 heteroatoms. The number of hydrogen-bond donors (Lipinski definition) is 1. The van der Waals surface area contributed by atoms with Gasteiger partial charge >= 0.3 is 0 Å². The molecule has 56 valence electrons. The number of nitriles is 1. The Morgan fingerprint density at radius 3 is 3.00 bits per heavy atom.